The van der Waals surface area contributed by atoms with Crippen molar-refractivity contribution in [2.75, 3.05) is 40.3 Å². The molecule has 1 saturated heterocycles. The molecule has 0 radical (unpaired) electrons. The standard InChI is InChI=1S/C19H36N2O3/c1-17(2,3)15-7-9-19(23,10-8-15)14-21-11-12-24-18(4,13-21)16(22)20(5)6/h15,23H,7-14H2,1-6H3. The minimum absolute atomic E-state index is 0.00405. The second kappa shape index (κ2) is 6.93. The van der Waals surface area contributed by atoms with Gasteiger partial charge in [-0.1, -0.05) is 20.8 Å². The van der Waals surface area contributed by atoms with Crippen LogP contribution in [0, 0.1) is 11.3 Å². The summed E-state index contributed by atoms with van der Waals surface area (Å²) in [5, 5.41) is 11.0. The van der Waals surface area contributed by atoms with Crippen molar-refractivity contribution in [1.82, 2.24) is 9.80 Å². The summed E-state index contributed by atoms with van der Waals surface area (Å²) in [6.45, 7) is 11.3. The highest BCUT2D eigenvalue weighted by atomic mass is 16.5. The first-order valence-corrected chi connectivity index (χ1v) is 9.26. The third-order valence-corrected chi connectivity index (χ3v) is 5.87. The van der Waals surface area contributed by atoms with Crippen molar-refractivity contribution in [1.29, 1.82) is 0 Å². The molecule has 1 atom stereocenters. The largest absolute Gasteiger partial charge is 0.389 e. The average Bonchev–Trinajstić information content (AvgIpc) is 2.45. The Bertz CT molecular complexity index is 450. The van der Waals surface area contributed by atoms with Gasteiger partial charge >= 0.3 is 0 Å². The van der Waals surface area contributed by atoms with E-state index in [1.54, 1.807) is 19.0 Å². The molecule has 0 aromatic rings. The van der Waals surface area contributed by atoms with E-state index in [9.17, 15) is 9.90 Å². The Morgan fingerprint density at radius 1 is 1.29 bits per heavy atom. The molecule has 5 heteroatoms. The van der Waals surface area contributed by atoms with Crippen LogP contribution < -0.4 is 0 Å². The fraction of sp³-hybridized carbons (Fsp3) is 0.947. The van der Waals surface area contributed by atoms with Crippen molar-refractivity contribution in [2.45, 2.75) is 64.6 Å². The van der Waals surface area contributed by atoms with Crippen molar-refractivity contribution in [3.05, 3.63) is 0 Å². The summed E-state index contributed by atoms with van der Waals surface area (Å²) < 4.78 is 5.79. The summed E-state index contributed by atoms with van der Waals surface area (Å²) in [5.74, 6) is 0.679. The van der Waals surface area contributed by atoms with Crippen molar-refractivity contribution < 1.29 is 14.6 Å². The lowest BCUT2D eigenvalue weighted by Gasteiger charge is -2.46. The molecule has 0 aromatic carbocycles. The smallest absolute Gasteiger partial charge is 0.255 e. The predicted molar refractivity (Wildman–Crippen MR) is 95.9 cm³/mol. The molecule has 0 aromatic heterocycles. The van der Waals surface area contributed by atoms with Crippen LogP contribution in [0.5, 0.6) is 0 Å². The molecule has 140 valence electrons. The summed E-state index contributed by atoms with van der Waals surface area (Å²) in [5.41, 5.74) is -1.11. The molecular weight excluding hydrogens is 304 g/mol. The monoisotopic (exact) mass is 340 g/mol. The van der Waals surface area contributed by atoms with Gasteiger partial charge in [0.15, 0.2) is 5.60 Å². The summed E-state index contributed by atoms with van der Waals surface area (Å²) in [6.07, 6.45) is 3.87. The summed E-state index contributed by atoms with van der Waals surface area (Å²) in [4.78, 5) is 16.2. The van der Waals surface area contributed by atoms with E-state index >= 15 is 0 Å². The first kappa shape index (κ1) is 19.7. The first-order valence-electron chi connectivity index (χ1n) is 9.26. The molecule has 5 nitrogen and oxygen atoms in total. The van der Waals surface area contributed by atoms with E-state index in [2.05, 4.69) is 25.7 Å². The normalized spacial score (nSPS) is 35.7. The number of ether oxygens (including phenoxy) is 1. The van der Waals surface area contributed by atoms with Crippen molar-refractivity contribution >= 4 is 5.91 Å². The first-order chi connectivity index (χ1) is 11.0. The Balaban J connectivity index is 1.95. The number of rotatable bonds is 3. The van der Waals surface area contributed by atoms with Crippen LogP contribution in [0.3, 0.4) is 0 Å². The number of carbonyl (C=O) groups excluding carboxylic acids is 1. The van der Waals surface area contributed by atoms with E-state index in [0.29, 0.717) is 31.0 Å². The Morgan fingerprint density at radius 3 is 2.38 bits per heavy atom. The summed E-state index contributed by atoms with van der Waals surface area (Å²) in [7, 11) is 3.52. The van der Waals surface area contributed by atoms with Crippen molar-refractivity contribution in [2.24, 2.45) is 11.3 Å². The van der Waals surface area contributed by atoms with Crippen molar-refractivity contribution in [3.8, 4) is 0 Å². The van der Waals surface area contributed by atoms with Gasteiger partial charge in [-0.25, -0.2) is 0 Å². The lowest BCUT2D eigenvalue weighted by molar-refractivity contribution is -0.169. The molecule has 1 amide bonds. The van der Waals surface area contributed by atoms with Gasteiger partial charge < -0.3 is 14.7 Å². The number of nitrogens with zero attached hydrogens (tertiary/aromatic N) is 2. The van der Waals surface area contributed by atoms with E-state index in [0.717, 1.165) is 32.2 Å². The minimum atomic E-state index is -0.805. The maximum absolute atomic E-state index is 12.4. The van der Waals surface area contributed by atoms with Gasteiger partial charge in [-0.2, -0.15) is 0 Å². The molecule has 2 rings (SSSR count). The van der Waals surface area contributed by atoms with Gasteiger partial charge in [-0.3, -0.25) is 9.69 Å². The van der Waals surface area contributed by atoms with Crippen LogP contribution >= 0.6 is 0 Å². The van der Waals surface area contributed by atoms with E-state index in [1.165, 1.54) is 0 Å². The Kier molecular flexibility index (Phi) is 5.68. The molecule has 1 aliphatic heterocycles. The van der Waals surface area contributed by atoms with Gasteiger partial charge in [0.2, 0.25) is 0 Å². The summed E-state index contributed by atoms with van der Waals surface area (Å²) >= 11 is 0. The fourth-order valence-corrected chi connectivity index (χ4v) is 4.28. The molecule has 1 unspecified atom stereocenters. The number of morpholine rings is 1. The zero-order valence-electron chi connectivity index (χ0n) is 16.4. The molecule has 2 aliphatic rings. The van der Waals surface area contributed by atoms with Crippen LogP contribution in [0.4, 0.5) is 0 Å². The number of aliphatic hydroxyl groups is 1. The van der Waals surface area contributed by atoms with Gasteiger partial charge in [0.25, 0.3) is 5.91 Å². The van der Waals surface area contributed by atoms with Crippen LogP contribution in [0.1, 0.15) is 53.4 Å². The van der Waals surface area contributed by atoms with Crippen LogP contribution in [-0.2, 0) is 9.53 Å². The van der Waals surface area contributed by atoms with Crippen molar-refractivity contribution in [3.63, 3.8) is 0 Å². The molecule has 0 spiro atoms. The second-order valence-electron chi connectivity index (χ2n) is 9.35. The molecule has 2 fully saturated rings. The van der Waals surface area contributed by atoms with Gasteiger partial charge in [0.05, 0.1) is 12.2 Å². The van der Waals surface area contributed by atoms with Gasteiger partial charge in [0.1, 0.15) is 0 Å². The van der Waals surface area contributed by atoms with Crippen LogP contribution in [-0.4, -0.2) is 72.4 Å². The number of β-amino-alcohol motifs (C(OH)–C–C–N with tert-alkyl or cyclic N) is 1. The molecule has 1 N–H and O–H groups in total. The van der Waals surface area contributed by atoms with E-state index < -0.39 is 11.2 Å². The quantitative estimate of drug-likeness (QED) is 0.855. The number of carbonyl (C=O) groups is 1. The number of hydrogen-bond acceptors (Lipinski definition) is 4. The molecule has 1 heterocycles. The van der Waals surface area contributed by atoms with Crippen LogP contribution in [0.15, 0.2) is 0 Å². The number of hydrogen-bond donors (Lipinski definition) is 1. The second-order valence-corrected chi connectivity index (χ2v) is 9.35. The summed E-state index contributed by atoms with van der Waals surface area (Å²) in [6, 6.07) is 0. The number of likely N-dealkylation sites (N-methyl/N-ethyl adjacent to an activating group) is 1. The van der Waals surface area contributed by atoms with Gasteiger partial charge in [-0.05, 0) is 43.9 Å². The van der Waals surface area contributed by atoms with E-state index in [4.69, 9.17) is 4.74 Å². The average molecular weight is 341 g/mol. The minimum Gasteiger partial charge on any atom is -0.389 e. The Morgan fingerprint density at radius 2 is 1.88 bits per heavy atom. The van der Waals surface area contributed by atoms with Crippen LogP contribution in [0.2, 0.25) is 0 Å². The highest BCUT2D eigenvalue weighted by Crippen LogP contribution is 2.41. The highest BCUT2D eigenvalue weighted by Gasteiger charge is 2.43. The molecular formula is C19H36N2O3. The zero-order chi connectivity index (χ0) is 18.2. The topological polar surface area (TPSA) is 53.0 Å². The Hall–Kier alpha value is -0.650. The third-order valence-electron chi connectivity index (χ3n) is 5.87. The SMILES string of the molecule is CN(C)C(=O)C1(C)CN(CC2(O)CCC(C(C)(C)C)CC2)CCO1. The van der Waals surface area contributed by atoms with Gasteiger partial charge in [0, 0.05) is 33.7 Å². The maximum atomic E-state index is 12.4. The van der Waals surface area contributed by atoms with Gasteiger partial charge in [-0.15, -0.1) is 0 Å². The molecule has 1 aliphatic carbocycles. The number of amides is 1. The third kappa shape index (κ3) is 4.50. The lowest BCUT2D eigenvalue weighted by Crippen LogP contribution is -2.60. The fourth-order valence-electron chi connectivity index (χ4n) is 4.28. The molecule has 24 heavy (non-hydrogen) atoms. The molecule has 0 bridgehead atoms. The van der Waals surface area contributed by atoms with E-state index in [1.807, 2.05) is 6.92 Å². The predicted octanol–water partition coefficient (Wildman–Crippen LogP) is 2.13. The highest BCUT2D eigenvalue weighted by molar-refractivity contribution is 5.84. The Labute approximate surface area is 147 Å². The lowest BCUT2D eigenvalue weighted by atomic mass is 9.68. The molecule has 1 saturated carbocycles. The van der Waals surface area contributed by atoms with E-state index in [-0.39, 0.29) is 5.91 Å². The van der Waals surface area contributed by atoms with Crippen LogP contribution in [0.25, 0.3) is 0 Å². The zero-order valence-corrected chi connectivity index (χ0v) is 16.4. The maximum Gasteiger partial charge on any atom is 0.255 e.